The predicted molar refractivity (Wildman–Crippen MR) is 108 cm³/mol. The normalized spacial score (nSPS) is 24.1. The highest BCUT2D eigenvalue weighted by Crippen LogP contribution is 2.36. The number of hydroxylamine groups is 2. The van der Waals surface area contributed by atoms with Gasteiger partial charge in [0.15, 0.2) is 0 Å². The second-order valence-electron chi connectivity index (χ2n) is 8.87. The van der Waals surface area contributed by atoms with Gasteiger partial charge in [0.05, 0.1) is 11.8 Å². The quantitative estimate of drug-likeness (QED) is 0.370. The van der Waals surface area contributed by atoms with Crippen molar-refractivity contribution in [3.8, 4) is 0 Å². The maximum absolute atomic E-state index is 12.8. The van der Waals surface area contributed by atoms with Gasteiger partial charge in [-0.05, 0) is 59.0 Å². The van der Waals surface area contributed by atoms with Crippen molar-refractivity contribution in [2.24, 2.45) is 5.16 Å². The molecule has 0 aromatic heterocycles. The minimum absolute atomic E-state index is 0.0227. The molecular weight excluding hydrogens is 406 g/mol. The van der Waals surface area contributed by atoms with Crippen LogP contribution in [0.4, 0.5) is 4.79 Å². The number of hydrogen-bond acceptors (Lipinski definition) is 8. The maximum atomic E-state index is 12.8. The number of oxime groups is 1. The molecule has 2 fully saturated rings. The van der Waals surface area contributed by atoms with Gasteiger partial charge in [0, 0.05) is 18.9 Å². The molecule has 31 heavy (non-hydrogen) atoms. The number of hydrogen-bond donors (Lipinski definition) is 0. The zero-order valence-electron chi connectivity index (χ0n) is 18.4. The fourth-order valence-corrected chi connectivity index (χ4v) is 4.04. The summed E-state index contributed by atoms with van der Waals surface area (Å²) in [6, 6.07) is -0.0469. The van der Waals surface area contributed by atoms with E-state index >= 15 is 0 Å². The van der Waals surface area contributed by atoms with Gasteiger partial charge in [-0.2, -0.15) is 0 Å². The molecule has 170 valence electrons. The van der Waals surface area contributed by atoms with Gasteiger partial charge >= 0.3 is 12.1 Å². The summed E-state index contributed by atoms with van der Waals surface area (Å²) in [7, 11) is 0. The van der Waals surface area contributed by atoms with Gasteiger partial charge in [-0.1, -0.05) is 11.2 Å². The molecule has 2 atom stereocenters. The molecule has 0 saturated carbocycles. The number of imide groups is 1. The highest BCUT2D eigenvalue weighted by Gasteiger charge is 2.42. The van der Waals surface area contributed by atoms with Gasteiger partial charge in [-0.3, -0.25) is 14.5 Å². The smallest absolute Gasteiger partial charge is 0.411 e. The SMILES string of the molecule is C/C(=N\OCC(=O)ON1C(=O)CCC1=O)C1=CCC[C@H]2CCC1N2C(=O)OC(C)(C)C. The number of allylic oxidation sites excluding steroid dienone is 1. The first-order valence-corrected chi connectivity index (χ1v) is 10.5. The molecule has 3 amide bonds. The molecule has 0 aliphatic carbocycles. The van der Waals surface area contributed by atoms with E-state index < -0.39 is 30.0 Å². The van der Waals surface area contributed by atoms with Crippen LogP contribution in [0.2, 0.25) is 0 Å². The lowest BCUT2D eigenvalue weighted by molar-refractivity contribution is -0.200. The zero-order chi connectivity index (χ0) is 22.8. The Kier molecular flexibility index (Phi) is 6.66. The molecule has 3 aliphatic rings. The minimum Gasteiger partial charge on any atom is -0.444 e. The van der Waals surface area contributed by atoms with Gasteiger partial charge in [0.1, 0.15) is 5.60 Å². The first kappa shape index (κ1) is 22.8. The third-order valence-electron chi connectivity index (χ3n) is 5.33. The third-order valence-corrected chi connectivity index (χ3v) is 5.33. The second kappa shape index (κ2) is 9.07. The summed E-state index contributed by atoms with van der Waals surface area (Å²) in [4.78, 5) is 59.3. The van der Waals surface area contributed by atoms with Crippen LogP contribution in [0.3, 0.4) is 0 Å². The lowest BCUT2D eigenvalue weighted by atomic mass is 9.97. The van der Waals surface area contributed by atoms with Crippen molar-refractivity contribution in [3.63, 3.8) is 0 Å². The van der Waals surface area contributed by atoms with Crippen LogP contribution in [-0.2, 0) is 28.8 Å². The van der Waals surface area contributed by atoms with Crippen molar-refractivity contribution in [2.45, 2.75) is 83.9 Å². The number of amides is 3. The molecule has 2 saturated heterocycles. The topological polar surface area (TPSA) is 115 Å². The van der Waals surface area contributed by atoms with Crippen molar-refractivity contribution in [2.75, 3.05) is 6.61 Å². The Hall–Kier alpha value is -2.91. The van der Waals surface area contributed by atoms with Gasteiger partial charge in [0.25, 0.3) is 11.8 Å². The lowest BCUT2D eigenvalue weighted by Gasteiger charge is -2.32. The Labute approximate surface area is 181 Å². The lowest BCUT2D eigenvalue weighted by Crippen LogP contribution is -2.44. The summed E-state index contributed by atoms with van der Waals surface area (Å²) in [5.41, 5.74) is 0.823. The summed E-state index contributed by atoms with van der Waals surface area (Å²) in [5, 5.41) is 4.47. The molecule has 2 bridgehead atoms. The largest absolute Gasteiger partial charge is 0.444 e. The van der Waals surface area contributed by atoms with Crippen molar-refractivity contribution in [3.05, 3.63) is 11.6 Å². The van der Waals surface area contributed by atoms with Crippen molar-refractivity contribution in [1.29, 1.82) is 0 Å². The van der Waals surface area contributed by atoms with E-state index in [0.29, 0.717) is 10.8 Å². The molecule has 1 unspecified atom stereocenters. The molecule has 3 heterocycles. The minimum atomic E-state index is -0.897. The van der Waals surface area contributed by atoms with Crippen molar-refractivity contribution in [1.82, 2.24) is 9.96 Å². The number of ether oxygens (including phenoxy) is 1. The molecule has 0 spiro atoms. The average Bonchev–Trinajstić information content (AvgIpc) is 3.13. The van der Waals surface area contributed by atoms with Crippen molar-refractivity contribution >= 4 is 29.6 Å². The number of carbonyl (C=O) groups is 4. The van der Waals surface area contributed by atoms with Gasteiger partial charge < -0.3 is 14.4 Å². The van der Waals surface area contributed by atoms with Crippen LogP contribution in [0.15, 0.2) is 16.8 Å². The summed E-state index contributed by atoms with van der Waals surface area (Å²) in [6.07, 6.45) is 5.07. The second-order valence-corrected chi connectivity index (χ2v) is 8.87. The molecular formula is C21H29N3O7. The van der Waals surface area contributed by atoms with Gasteiger partial charge in [-0.25, -0.2) is 9.59 Å². The van der Waals surface area contributed by atoms with Crippen molar-refractivity contribution < 1.29 is 33.6 Å². The number of fused-ring (bicyclic) bond motifs is 2. The number of rotatable bonds is 5. The maximum Gasteiger partial charge on any atom is 0.411 e. The Morgan fingerprint density at radius 1 is 1.13 bits per heavy atom. The Bertz CT molecular complexity index is 811. The van der Waals surface area contributed by atoms with E-state index in [9.17, 15) is 19.2 Å². The van der Waals surface area contributed by atoms with Crippen LogP contribution >= 0.6 is 0 Å². The van der Waals surface area contributed by atoms with E-state index in [4.69, 9.17) is 14.4 Å². The molecule has 10 nitrogen and oxygen atoms in total. The average molecular weight is 435 g/mol. The van der Waals surface area contributed by atoms with E-state index in [-0.39, 0.29) is 31.0 Å². The predicted octanol–water partition coefficient (Wildman–Crippen LogP) is 2.47. The fourth-order valence-electron chi connectivity index (χ4n) is 4.04. The number of nitrogens with zero attached hydrogens (tertiary/aromatic N) is 3. The highest BCUT2D eigenvalue weighted by molar-refractivity contribution is 6.01. The molecule has 3 aliphatic heterocycles. The van der Waals surface area contributed by atoms with E-state index in [1.165, 1.54) is 0 Å². The van der Waals surface area contributed by atoms with Crippen LogP contribution in [0.25, 0.3) is 0 Å². The van der Waals surface area contributed by atoms with Gasteiger partial charge in [-0.15, -0.1) is 5.06 Å². The number of carbonyl (C=O) groups excluding carboxylic acids is 4. The molecule has 0 radical (unpaired) electrons. The fraction of sp³-hybridized carbons (Fsp3) is 0.667. The van der Waals surface area contributed by atoms with Crippen LogP contribution in [0.1, 0.15) is 66.2 Å². The van der Waals surface area contributed by atoms with Gasteiger partial charge in [0.2, 0.25) is 6.61 Å². The Morgan fingerprint density at radius 2 is 1.81 bits per heavy atom. The summed E-state index contributed by atoms with van der Waals surface area (Å²) >= 11 is 0. The first-order chi connectivity index (χ1) is 14.6. The van der Waals surface area contributed by atoms with Crippen LogP contribution in [0, 0.1) is 0 Å². The van der Waals surface area contributed by atoms with Crippen LogP contribution in [-0.4, -0.2) is 63.8 Å². The summed E-state index contributed by atoms with van der Waals surface area (Å²) < 4.78 is 5.60. The van der Waals surface area contributed by atoms with E-state index in [1.54, 1.807) is 11.8 Å². The standard InChI is InChI=1S/C21H29N3O7/c1-13(22-29-12-19(27)31-24-17(25)10-11-18(24)26)15-7-5-6-14-8-9-16(15)23(14)20(28)30-21(2,3)4/h7,14,16H,5-6,8-12H2,1-4H3/b22-13+/t14-,16?/m0/s1. The van der Waals surface area contributed by atoms with E-state index in [1.807, 2.05) is 26.8 Å². The molecule has 0 aromatic carbocycles. The van der Waals surface area contributed by atoms with E-state index in [2.05, 4.69) is 5.16 Å². The van der Waals surface area contributed by atoms with E-state index in [0.717, 1.165) is 31.3 Å². The third kappa shape index (κ3) is 5.42. The first-order valence-electron chi connectivity index (χ1n) is 10.5. The molecule has 10 heteroatoms. The molecule has 3 rings (SSSR count). The summed E-state index contributed by atoms with van der Waals surface area (Å²) in [5.74, 6) is -2.01. The monoisotopic (exact) mass is 435 g/mol. The zero-order valence-corrected chi connectivity index (χ0v) is 18.4. The Balaban J connectivity index is 1.61. The highest BCUT2D eigenvalue weighted by atomic mass is 16.7. The van der Waals surface area contributed by atoms with Crippen LogP contribution in [0.5, 0.6) is 0 Å². The van der Waals surface area contributed by atoms with Crippen LogP contribution < -0.4 is 0 Å². The molecule has 0 N–H and O–H groups in total. The summed E-state index contributed by atoms with van der Waals surface area (Å²) in [6.45, 7) is 6.71. The molecule has 0 aromatic rings. The Morgan fingerprint density at radius 3 is 2.45 bits per heavy atom.